The van der Waals surface area contributed by atoms with Gasteiger partial charge in [-0.1, -0.05) is 25.0 Å². The third-order valence-electron chi connectivity index (χ3n) is 5.68. The maximum Gasteiger partial charge on any atom is 0.295 e. The number of unbranched alkanes of at least 4 members (excludes halogenated alkanes) is 2. The zero-order valence-electron chi connectivity index (χ0n) is 17.8. The van der Waals surface area contributed by atoms with Gasteiger partial charge < -0.3 is 10.6 Å². The van der Waals surface area contributed by atoms with E-state index in [-0.39, 0.29) is 29.2 Å². The third kappa shape index (κ3) is 5.77. The van der Waals surface area contributed by atoms with Crippen LogP contribution in [0.4, 0.5) is 20.2 Å². The summed E-state index contributed by atoms with van der Waals surface area (Å²) in [5.41, 5.74) is 11.9. The van der Waals surface area contributed by atoms with E-state index in [1.807, 2.05) is 6.07 Å². The number of hydrogen-bond donors (Lipinski definition) is 3. The van der Waals surface area contributed by atoms with Gasteiger partial charge >= 0.3 is 0 Å². The molecule has 2 unspecified atom stereocenters. The van der Waals surface area contributed by atoms with Crippen LogP contribution in [0.15, 0.2) is 36.4 Å². The first-order valence-electron chi connectivity index (χ1n) is 10.5. The molecule has 2 atom stereocenters. The number of hydrogen-bond acceptors (Lipinski definition) is 6. The van der Waals surface area contributed by atoms with Gasteiger partial charge in [0.2, 0.25) is 0 Å². The van der Waals surface area contributed by atoms with E-state index in [4.69, 9.17) is 5.73 Å². The van der Waals surface area contributed by atoms with E-state index in [0.717, 1.165) is 43.7 Å². The molecule has 10 heteroatoms. The van der Waals surface area contributed by atoms with Gasteiger partial charge in [0.1, 0.15) is 17.3 Å². The number of amides is 1. The lowest BCUT2D eigenvalue weighted by molar-refractivity contribution is -0.384. The fourth-order valence-electron chi connectivity index (χ4n) is 3.91. The first-order chi connectivity index (χ1) is 15.3. The summed E-state index contributed by atoms with van der Waals surface area (Å²) in [5.74, 6) is -1.68. The van der Waals surface area contributed by atoms with E-state index in [1.54, 1.807) is 13.1 Å². The Labute approximate surface area is 184 Å². The lowest BCUT2D eigenvalue weighted by Crippen LogP contribution is -2.31. The van der Waals surface area contributed by atoms with Crippen LogP contribution >= 0.6 is 0 Å². The van der Waals surface area contributed by atoms with Crippen LogP contribution < -0.4 is 16.6 Å². The number of nitrogens with two attached hydrogens (primary N) is 1. The Balaban J connectivity index is 1.42. The van der Waals surface area contributed by atoms with Gasteiger partial charge in [0, 0.05) is 25.7 Å². The van der Waals surface area contributed by atoms with E-state index < -0.39 is 22.3 Å². The molecule has 0 saturated carbocycles. The number of benzene rings is 2. The van der Waals surface area contributed by atoms with Gasteiger partial charge in [-0.25, -0.2) is 8.78 Å². The molecular weight excluding hydrogens is 420 g/mol. The van der Waals surface area contributed by atoms with Crippen LogP contribution in [0.5, 0.6) is 0 Å². The first kappa shape index (κ1) is 23.6. The largest absolute Gasteiger partial charge is 0.393 e. The van der Waals surface area contributed by atoms with Crippen molar-refractivity contribution in [3.63, 3.8) is 0 Å². The second-order valence-corrected chi connectivity index (χ2v) is 8.05. The monoisotopic (exact) mass is 447 g/mol. The first-order valence-corrected chi connectivity index (χ1v) is 10.5. The number of anilines is 1. The van der Waals surface area contributed by atoms with Crippen molar-refractivity contribution in [3.8, 4) is 0 Å². The van der Waals surface area contributed by atoms with Gasteiger partial charge in [-0.2, -0.15) is 0 Å². The molecule has 1 aliphatic rings. The van der Waals surface area contributed by atoms with Crippen LogP contribution in [-0.2, 0) is 0 Å². The quantitative estimate of drug-likeness (QED) is 0.234. The fraction of sp³-hybridized carbons (Fsp3) is 0.409. The molecular formula is C22H27F2N5O3. The molecule has 172 valence electrons. The van der Waals surface area contributed by atoms with Crippen molar-refractivity contribution in [2.24, 2.45) is 0 Å². The molecule has 0 radical (unpaired) electrons. The summed E-state index contributed by atoms with van der Waals surface area (Å²) < 4.78 is 27.1. The Morgan fingerprint density at radius 2 is 1.97 bits per heavy atom. The van der Waals surface area contributed by atoms with E-state index >= 15 is 0 Å². The highest BCUT2D eigenvalue weighted by Gasteiger charge is 2.25. The Hall–Kier alpha value is -3.11. The Morgan fingerprint density at radius 3 is 2.69 bits per heavy atom. The van der Waals surface area contributed by atoms with Gasteiger partial charge in [-0.3, -0.25) is 25.8 Å². The number of nitro benzene ring substituents is 1. The summed E-state index contributed by atoms with van der Waals surface area (Å²) in [7, 11) is 1.56. The molecule has 0 aliphatic carbocycles. The third-order valence-corrected chi connectivity index (χ3v) is 5.68. The molecule has 4 N–H and O–H groups in total. The summed E-state index contributed by atoms with van der Waals surface area (Å²) in [4.78, 5) is 24.2. The molecule has 3 rings (SSSR count). The minimum absolute atomic E-state index is 0.0697. The summed E-state index contributed by atoms with van der Waals surface area (Å²) >= 11 is 0. The van der Waals surface area contributed by atoms with Gasteiger partial charge in [-0.05, 0) is 43.0 Å². The molecule has 1 aliphatic heterocycles. The molecule has 0 aromatic heterocycles. The number of nitrogens with one attached hydrogen (secondary N) is 2. The molecule has 2 aromatic rings. The standard InChI is InChI=1S/C22H27F2N5O3/c1-28(22(30)18-11-16(24)12-20(21(18)25)29(31)32)9-4-2-3-8-17-13-19(27-26-17)14-6-5-7-15(23)10-14/h5-7,10-12,17,19,26-27H,2-4,8-9,13,25H2,1H3. The summed E-state index contributed by atoms with van der Waals surface area (Å²) in [5, 5.41) is 11.0. The predicted octanol–water partition coefficient (Wildman–Crippen LogP) is 3.70. The summed E-state index contributed by atoms with van der Waals surface area (Å²) in [6.07, 6.45) is 4.33. The smallest absolute Gasteiger partial charge is 0.295 e. The molecule has 1 amide bonds. The Bertz CT molecular complexity index is 988. The van der Waals surface area contributed by atoms with Crippen LogP contribution in [0.2, 0.25) is 0 Å². The number of rotatable bonds is 9. The highest BCUT2D eigenvalue weighted by Crippen LogP contribution is 2.28. The van der Waals surface area contributed by atoms with Crippen molar-refractivity contribution in [2.75, 3.05) is 19.3 Å². The second kappa shape index (κ2) is 10.5. The normalized spacial score (nSPS) is 18.0. The summed E-state index contributed by atoms with van der Waals surface area (Å²) in [6.45, 7) is 0.421. The van der Waals surface area contributed by atoms with Gasteiger partial charge in [0.05, 0.1) is 16.6 Å². The number of carbonyl (C=O) groups excluding carboxylic acids is 1. The number of nitrogens with zero attached hydrogens (tertiary/aromatic N) is 2. The molecule has 32 heavy (non-hydrogen) atoms. The van der Waals surface area contributed by atoms with Crippen LogP contribution in [0.3, 0.4) is 0 Å². The van der Waals surface area contributed by atoms with Crippen LogP contribution in [0.1, 0.15) is 54.1 Å². The number of nitrogen functional groups attached to an aromatic ring is 1. The zero-order valence-corrected chi connectivity index (χ0v) is 17.8. The maximum atomic E-state index is 13.7. The number of hydrazine groups is 1. The Morgan fingerprint density at radius 1 is 1.19 bits per heavy atom. The molecule has 8 nitrogen and oxygen atoms in total. The number of nitro groups is 1. The van der Waals surface area contributed by atoms with Crippen molar-refractivity contribution in [1.29, 1.82) is 0 Å². The predicted molar refractivity (Wildman–Crippen MR) is 117 cm³/mol. The molecule has 1 fully saturated rings. The Kier molecular flexibility index (Phi) is 7.70. The fourth-order valence-corrected chi connectivity index (χ4v) is 3.91. The maximum absolute atomic E-state index is 13.7. The van der Waals surface area contributed by atoms with E-state index in [1.165, 1.54) is 17.0 Å². The second-order valence-electron chi connectivity index (χ2n) is 8.05. The minimum atomic E-state index is -0.878. The van der Waals surface area contributed by atoms with Crippen LogP contribution in [0.25, 0.3) is 0 Å². The van der Waals surface area contributed by atoms with Gasteiger partial charge in [-0.15, -0.1) is 0 Å². The van der Waals surface area contributed by atoms with Gasteiger partial charge in [0.15, 0.2) is 0 Å². The van der Waals surface area contributed by atoms with Crippen molar-refractivity contribution < 1.29 is 18.5 Å². The molecule has 2 aromatic carbocycles. The zero-order chi connectivity index (χ0) is 23.3. The summed E-state index contributed by atoms with van der Waals surface area (Å²) in [6, 6.07) is 8.54. The highest BCUT2D eigenvalue weighted by molar-refractivity contribution is 6.00. The van der Waals surface area contributed by atoms with E-state index in [0.29, 0.717) is 12.6 Å². The van der Waals surface area contributed by atoms with Crippen LogP contribution in [0, 0.1) is 21.7 Å². The highest BCUT2D eigenvalue weighted by atomic mass is 19.1. The van der Waals surface area contributed by atoms with E-state index in [9.17, 15) is 23.7 Å². The lowest BCUT2D eigenvalue weighted by Gasteiger charge is -2.18. The van der Waals surface area contributed by atoms with Crippen molar-refractivity contribution in [1.82, 2.24) is 15.8 Å². The molecule has 0 bridgehead atoms. The number of carbonyl (C=O) groups is 1. The molecule has 1 heterocycles. The minimum Gasteiger partial charge on any atom is -0.393 e. The lowest BCUT2D eigenvalue weighted by atomic mass is 9.99. The SMILES string of the molecule is CN(CCCCCC1CC(c2cccc(F)c2)NN1)C(=O)c1cc(F)cc([N+](=O)[O-])c1N. The average Bonchev–Trinajstić information content (AvgIpc) is 3.23. The average molecular weight is 447 g/mol. The van der Waals surface area contributed by atoms with Crippen LogP contribution in [-0.4, -0.2) is 35.4 Å². The van der Waals surface area contributed by atoms with Crippen molar-refractivity contribution >= 4 is 17.3 Å². The van der Waals surface area contributed by atoms with Gasteiger partial charge in [0.25, 0.3) is 11.6 Å². The molecule has 1 saturated heterocycles. The van der Waals surface area contributed by atoms with E-state index in [2.05, 4.69) is 10.9 Å². The number of halogens is 2. The van der Waals surface area contributed by atoms with Crippen molar-refractivity contribution in [2.45, 2.75) is 44.2 Å². The van der Waals surface area contributed by atoms with Crippen molar-refractivity contribution in [3.05, 3.63) is 69.3 Å². The topological polar surface area (TPSA) is 114 Å². The molecule has 0 spiro atoms.